The molecule has 1 aliphatic heterocycles. The molecule has 2 atom stereocenters. The van der Waals surface area contributed by atoms with Crippen LogP contribution in [0.2, 0.25) is 5.02 Å². The van der Waals surface area contributed by atoms with E-state index in [9.17, 15) is 19.1 Å². The summed E-state index contributed by atoms with van der Waals surface area (Å²) in [6.45, 7) is 4.03. The molecule has 1 aromatic heterocycles. The van der Waals surface area contributed by atoms with Crippen LogP contribution < -0.4 is 5.32 Å². The molecule has 11 heteroatoms. The molecular formula is C27H31ClFN5O4. The molecule has 1 aliphatic rings. The third-order valence-corrected chi connectivity index (χ3v) is 6.85. The first-order valence-electron chi connectivity index (χ1n) is 12.6. The van der Waals surface area contributed by atoms with Gasteiger partial charge in [0.1, 0.15) is 5.82 Å². The maximum Gasteiger partial charge on any atom is 0.310 e. The van der Waals surface area contributed by atoms with Crippen molar-refractivity contribution in [3.05, 3.63) is 70.8 Å². The van der Waals surface area contributed by atoms with Gasteiger partial charge in [0.05, 0.1) is 18.7 Å². The predicted molar refractivity (Wildman–Crippen MR) is 140 cm³/mol. The zero-order chi connectivity index (χ0) is 27.1. The molecule has 4 rings (SSSR count). The van der Waals surface area contributed by atoms with Crippen molar-refractivity contribution in [3.8, 4) is 11.1 Å². The third kappa shape index (κ3) is 7.15. The Kier molecular flexibility index (Phi) is 9.43. The van der Waals surface area contributed by atoms with E-state index in [0.717, 1.165) is 5.56 Å². The Balaban J connectivity index is 1.52. The number of H-pyrrole nitrogens is 1. The second kappa shape index (κ2) is 12.9. The van der Waals surface area contributed by atoms with E-state index in [0.29, 0.717) is 48.6 Å². The summed E-state index contributed by atoms with van der Waals surface area (Å²) >= 11 is 6.05. The SMILES string of the molecule is CCOC(=O)[C@@H](C[C@@H](Cc1ccc(-c2cc(Cl)ccc2F)cc1)NC(=O)c1cn[nH]n1)CN1CC(CO)C1. The number of carbonyl (C=O) groups is 2. The van der Waals surface area contributed by atoms with Gasteiger partial charge in [-0.1, -0.05) is 35.9 Å². The highest BCUT2D eigenvalue weighted by molar-refractivity contribution is 6.30. The number of hydrogen-bond donors (Lipinski definition) is 3. The number of amides is 1. The normalized spacial score (nSPS) is 15.5. The molecule has 3 N–H and O–H groups in total. The molecule has 0 spiro atoms. The van der Waals surface area contributed by atoms with Crippen LogP contribution in [0, 0.1) is 17.7 Å². The molecule has 0 saturated carbocycles. The molecule has 1 saturated heterocycles. The van der Waals surface area contributed by atoms with Gasteiger partial charge in [0.25, 0.3) is 5.91 Å². The molecule has 2 aromatic carbocycles. The minimum atomic E-state index is -0.475. The van der Waals surface area contributed by atoms with Gasteiger partial charge in [-0.15, -0.1) is 0 Å². The van der Waals surface area contributed by atoms with Crippen LogP contribution in [-0.4, -0.2) is 76.2 Å². The molecule has 1 amide bonds. The van der Waals surface area contributed by atoms with Crippen LogP contribution >= 0.6 is 11.6 Å². The van der Waals surface area contributed by atoms with Gasteiger partial charge in [0.2, 0.25) is 0 Å². The van der Waals surface area contributed by atoms with Gasteiger partial charge in [-0.2, -0.15) is 15.4 Å². The van der Waals surface area contributed by atoms with Crippen molar-refractivity contribution in [2.24, 2.45) is 11.8 Å². The van der Waals surface area contributed by atoms with E-state index >= 15 is 0 Å². The zero-order valence-electron chi connectivity index (χ0n) is 21.1. The van der Waals surface area contributed by atoms with Gasteiger partial charge in [-0.05, 0) is 49.1 Å². The van der Waals surface area contributed by atoms with Gasteiger partial charge >= 0.3 is 5.97 Å². The Morgan fingerprint density at radius 1 is 1.26 bits per heavy atom. The van der Waals surface area contributed by atoms with Gasteiger partial charge < -0.3 is 20.1 Å². The molecule has 0 bridgehead atoms. The third-order valence-electron chi connectivity index (χ3n) is 6.62. The van der Waals surface area contributed by atoms with Crippen LogP contribution in [0.1, 0.15) is 29.4 Å². The summed E-state index contributed by atoms with van der Waals surface area (Å²) in [5.41, 5.74) is 2.12. The lowest BCUT2D eigenvalue weighted by Gasteiger charge is -2.40. The van der Waals surface area contributed by atoms with E-state index in [1.54, 1.807) is 25.1 Å². The largest absolute Gasteiger partial charge is 0.466 e. The Labute approximate surface area is 225 Å². The fourth-order valence-electron chi connectivity index (χ4n) is 4.69. The highest BCUT2D eigenvalue weighted by Gasteiger charge is 2.33. The maximum atomic E-state index is 14.3. The van der Waals surface area contributed by atoms with Crippen LogP contribution in [0.4, 0.5) is 4.39 Å². The summed E-state index contributed by atoms with van der Waals surface area (Å²) in [5.74, 6) is -1.37. The van der Waals surface area contributed by atoms with Crippen LogP contribution in [0.15, 0.2) is 48.7 Å². The number of aromatic amines is 1. The second-order valence-electron chi connectivity index (χ2n) is 9.50. The Hall–Kier alpha value is -3.34. The number of benzene rings is 2. The molecular weight excluding hydrogens is 513 g/mol. The molecule has 2 heterocycles. The predicted octanol–water partition coefficient (Wildman–Crippen LogP) is 3.10. The number of aromatic nitrogens is 3. The van der Waals surface area contributed by atoms with Crippen molar-refractivity contribution in [1.29, 1.82) is 0 Å². The van der Waals surface area contributed by atoms with Crippen LogP contribution in [-0.2, 0) is 16.0 Å². The van der Waals surface area contributed by atoms with Crippen LogP contribution in [0.3, 0.4) is 0 Å². The van der Waals surface area contributed by atoms with Gasteiger partial charge in [0, 0.05) is 48.8 Å². The second-order valence-corrected chi connectivity index (χ2v) is 9.94. The number of likely N-dealkylation sites (tertiary alicyclic amines) is 1. The Morgan fingerprint density at radius 3 is 2.68 bits per heavy atom. The number of esters is 1. The molecule has 38 heavy (non-hydrogen) atoms. The minimum absolute atomic E-state index is 0.117. The molecule has 9 nitrogen and oxygen atoms in total. The summed E-state index contributed by atoms with van der Waals surface area (Å²) in [7, 11) is 0. The number of aliphatic hydroxyl groups is 1. The molecule has 1 fully saturated rings. The standard InChI is InChI=1S/C27H31ClFN5O4/c1-2-38-27(37)20(15-34-13-18(14-34)16-35)10-22(31-26(36)25-12-30-33-32-25)9-17-3-5-19(6-4-17)23-11-21(28)7-8-24(23)29/h3-8,11-12,18,20,22,35H,2,9-10,13-16H2,1H3,(H,31,36)(H,30,32,33)/t20-,22+/m0/s1. The monoisotopic (exact) mass is 543 g/mol. The fraction of sp³-hybridized carbons (Fsp3) is 0.407. The first kappa shape index (κ1) is 27.7. The number of halogens is 2. The van der Waals surface area contributed by atoms with E-state index in [1.165, 1.54) is 18.3 Å². The fourth-order valence-corrected chi connectivity index (χ4v) is 4.86. The van der Waals surface area contributed by atoms with Crippen LogP contribution in [0.5, 0.6) is 0 Å². The Bertz CT molecular complexity index is 1220. The summed E-state index contributed by atoms with van der Waals surface area (Å²) in [6, 6.07) is 11.3. The van der Waals surface area contributed by atoms with Gasteiger partial charge in [0.15, 0.2) is 5.69 Å². The highest BCUT2D eigenvalue weighted by atomic mass is 35.5. The van der Waals surface area contributed by atoms with Crippen molar-refractivity contribution in [1.82, 2.24) is 25.6 Å². The van der Waals surface area contributed by atoms with Crippen molar-refractivity contribution < 1.29 is 23.8 Å². The average molecular weight is 544 g/mol. The summed E-state index contributed by atoms with van der Waals surface area (Å²) < 4.78 is 19.7. The first-order valence-corrected chi connectivity index (χ1v) is 12.9. The van der Waals surface area contributed by atoms with E-state index in [1.807, 2.05) is 12.1 Å². The zero-order valence-corrected chi connectivity index (χ0v) is 21.8. The molecule has 3 aromatic rings. The Morgan fingerprint density at radius 2 is 2.03 bits per heavy atom. The van der Waals surface area contributed by atoms with E-state index in [4.69, 9.17) is 16.3 Å². The van der Waals surface area contributed by atoms with Crippen molar-refractivity contribution in [2.75, 3.05) is 32.8 Å². The number of ether oxygens (including phenoxy) is 1. The van der Waals surface area contributed by atoms with Crippen molar-refractivity contribution in [3.63, 3.8) is 0 Å². The maximum absolute atomic E-state index is 14.3. The quantitative estimate of drug-likeness (QED) is 0.300. The average Bonchev–Trinajstić information content (AvgIpc) is 3.42. The molecule has 0 radical (unpaired) electrons. The number of rotatable bonds is 12. The van der Waals surface area contributed by atoms with E-state index < -0.39 is 17.9 Å². The number of nitrogens with zero attached hydrogens (tertiary/aromatic N) is 3. The lowest BCUT2D eigenvalue weighted by Crippen LogP contribution is -2.52. The highest BCUT2D eigenvalue weighted by Crippen LogP contribution is 2.27. The topological polar surface area (TPSA) is 120 Å². The summed E-state index contributed by atoms with van der Waals surface area (Å²) in [4.78, 5) is 27.8. The van der Waals surface area contributed by atoms with Gasteiger partial charge in [-0.25, -0.2) is 4.39 Å². The molecule has 0 aliphatic carbocycles. The number of carbonyl (C=O) groups excluding carboxylic acids is 2. The first-order chi connectivity index (χ1) is 18.4. The van der Waals surface area contributed by atoms with Gasteiger partial charge in [-0.3, -0.25) is 9.59 Å². The van der Waals surface area contributed by atoms with Crippen LogP contribution in [0.25, 0.3) is 11.1 Å². The van der Waals surface area contributed by atoms with E-state index in [-0.39, 0.29) is 36.6 Å². The number of aliphatic hydroxyl groups excluding tert-OH is 1. The lowest BCUT2D eigenvalue weighted by atomic mass is 9.91. The molecule has 0 unspecified atom stereocenters. The number of hydrogen-bond acceptors (Lipinski definition) is 7. The summed E-state index contributed by atoms with van der Waals surface area (Å²) in [6.07, 6.45) is 2.10. The molecule has 202 valence electrons. The minimum Gasteiger partial charge on any atom is -0.466 e. The van der Waals surface area contributed by atoms with Crippen molar-refractivity contribution in [2.45, 2.75) is 25.8 Å². The van der Waals surface area contributed by atoms with E-state index in [2.05, 4.69) is 25.6 Å². The smallest absolute Gasteiger partial charge is 0.310 e. The number of nitrogens with one attached hydrogen (secondary N) is 2. The lowest BCUT2D eigenvalue weighted by molar-refractivity contribution is -0.150. The summed E-state index contributed by atoms with van der Waals surface area (Å²) in [5, 5.41) is 22.7. The van der Waals surface area contributed by atoms with Crippen molar-refractivity contribution >= 4 is 23.5 Å².